The highest BCUT2D eigenvalue weighted by Gasteiger charge is 2.37. The first-order valence-electron chi connectivity index (χ1n) is 8.84. The number of hydrogen-bond donors (Lipinski definition) is 2. The number of hydrogen-bond acceptors (Lipinski definition) is 6. The van der Waals surface area contributed by atoms with Crippen LogP contribution in [0.25, 0.3) is 0 Å². The van der Waals surface area contributed by atoms with Crippen molar-refractivity contribution in [2.75, 3.05) is 19.0 Å². The van der Waals surface area contributed by atoms with Gasteiger partial charge in [-0.25, -0.2) is 9.78 Å². The minimum atomic E-state index is -1.05. The third kappa shape index (κ3) is 3.14. The number of carboxylic acids is 1. The van der Waals surface area contributed by atoms with Crippen LogP contribution in [0.15, 0.2) is 35.7 Å². The Bertz CT molecular complexity index is 1020. The van der Waals surface area contributed by atoms with Crippen LogP contribution in [0.1, 0.15) is 42.0 Å². The summed E-state index contributed by atoms with van der Waals surface area (Å²) in [5.74, 6) is -0.896. The van der Waals surface area contributed by atoms with Crippen LogP contribution in [0.2, 0.25) is 0 Å². The molecule has 0 saturated carbocycles. The normalized spacial score (nSPS) is 15.3. The summed E-state index contributed by atoms with van der Waals surface area (Å²) in [7, 11) is 1.50. The van der Waals surface area contributed by atoms with E-state index in [-0.39, 0.29) is 5.57 Å². The number of nitriles is 1. The average molecular weight is 379 g/mol. The third-order valence-electron chi connectivity index (χ3n) is 4.75. The quantitative estimate of drug-likeness (QED) is 0.818. The number of fused-ring (bicyclic) bond motifs is 1. The Hall–Kier alpha value is -3.53. The Balaban J connectivity index is 2.37. The predicted molar refractivity (Wildman–Crippen MR) is 104 cm³/mol. The first kappa shape index (κ1) is 19.2. The van der Waals surface area contributed by atoms with Crippen molar-refractivity contribution in [2.45, 2.75) is 26.7 Å². The number of carboxylic acid groups (broad SMARTS) is 1. The molecule has 7 nitrogen and oxygen atoms in total. The molecule has 0 bridgehead atoms. The first-order chi connectivity index (χ1) is 13.4. The Morgan fingerprint density at radius 3 is 2.75 bits per heavy atom. The molecule has 0 spiro atoms. The molecule has 1 aromatic carbocycles. The second-order valence-corrected chi connectivity index (χ2v) is 6.44. The molecule has 1 aliphatic rings. The fourth-order valence-electron chi connectivity index (χ4n) is 3.52. The summed E-state index contributed by atoms with van der Waals surface area (Å²) in [5.41, 5.74) is 4.08. The van der Waals surface area contributed by atoms with Crippen LogP contribution >= 0.6 is 0 Å². The van der Waals surface area contributed by atoms with Crippen LogP contribution in [0.5, 0.6) is 11.6 Å². The summed E-state index contributed by atoms with van der Waals surface area (Å²) in [6, 6.07) is 7.06. The Morgan fingerprint density at radius 1 is 1.39 bits per heavy atom. The number of anilines is 1. The van der Waals surface area contributed by atoms with Crippen LogP contribution in [-0.2, 0) is 4.79 Å². The summed E-state index contributed by atoms with van der Waals surface area (Å²) in [6.07, 6.45) is 1.70. The second-order valence-electron chi connectivity index (χ2n) is 6.44. The van der Waals surface area contributed by atoms with Crippen molar-refractivity contribution >= 4 is 11.7 Å². The Labute approximate surface area is 163 Å². The third-order valence-corrected chi connectivity index (χ3v) is 4.75. The number of aromatic nitrogens is 1. The zero-order valence-corrected chi connectivity index (χ0v) is 16.2. The van der Waals surface area contributed by atoms with Gasteiger partial charge in [0.25, 0.3) is 0 Å². The largest absolute Gasteiger partial charge is 0.496 e. The van der Waals surface area contributed by atoms with Crippen LogP contribution in [-0.4, -0.2) is 29.8 Å². The number of nitrogens with zero attached hydrogens (tertiary/aromatic N) is 2. The Kier molecular flexibility index (Phi) is 5.23. The van der Waals surface area contributed by atoms with Gasteiger partial charge in [-0.3, -0.25) is 0 Å². The molecule has 0 fully saturated rings. The molecule has 0 aliphatic carbocycles. The van der Waals surface area contributed by atoms with Crippen molar-refractivity contribution in [2.24, 2.45) is 0 Å². The lowest BCUT2D eigenvalue weighted by atomic mass is 9.80. The van der Waals surface area contributed by atoms with Gasteiger partial charge in [0, 0.05) is 17.5 Å². The van der Waals surface area contributed by atoms with E-state index in [1.807, 2.05) is 13.8 Å². The number of methoxy groups -OCH3 is 1. The summed E-state index contributed by atoms with van der Waals surface area (Å²) < 4.78 is 11.2. The SMILES string of the molecule is CCOc1ncc(C)c2c1[C@@H](c1ccc(C#N)cc1OC)C(C(=O)O)=C(C)N2. The van der Waals surface area contributed by atoms with E-state index < -0.39 is 11.9 Å². The smallest absolute Gasteiger partial charge is 0.334 e. The van der Waals surface area contributed by atoms with E-state index in [1.54, 1.807) is 31.3 Å². The molecule has 1 aromatic heterocycles. The molecular formula is C21H21N3O4. The lowest BCUT2D eigenvalue weighted by molar-refractivity contribution is -0.133. The summed E-state index contributed by atoms with van der Waals surface area (Å²) in [5, 5.41) is 22.4. The molecule has 3 rings (SSSR count). The lowest BCUT2D eigenvalue weighted by Crippen LogP contribution is -2.25. The van der Waals surface area contributed by atoms with Crippen molar-refractivity contribution in [3.63, 3.8) is 0 Å². The molecule has 2 N–H and O–H groups in total. The van der Waals surface area contributed by atoms with Crippen molar-refractivity contribution < 1.29 is 19.4 Å². The fourth-order valence-corrected chi connectivity index (χ4v) is 3.52. The van der Waals surface area contributed by atoms with E-state index in [4.69, 9.17) is 9.47 Å². The molecule has 2 heterocycles. The van der Waals surface area contributed by atoms with E-state index in [0.717, 1.165) is 11.3 Å². The number of allylic oxidation sites excluding steroid dienone is 1. The fraction of sp³-hybridized carbons (Fsp3) is 0.286. The number of aliphatic carboxylic acids is 1. The van der Waals surface area contributed by atoms with Gasteiger partial charge in [-0.2, -0.15) is 5.26 Å². The molecule has 0 saturated heterocycles. The summed E-state index contributed by atoms with van der Waals surface area (Å²) >= 11 is 0. The van der Waals surface area contributed by atoms with Gasteiger partial charge >= 0.3 is 5.97 Å². The van der Waals surface area contributed by atoms with Gasteiger partial charge in [-0.15, -0.1) is 0 Å². The zero-order chi connectivity index (χ0) is 20.4. The van der Waals surface area contributed by atoms with E-state index in [9.17, 15) is 15.2 Å². The number of carbonyl (C=O) groups is 1. The highest BCUT2D eigenvalue weighted by Crippen LogP contribution is 2.48. The van der Waals surface area contributed by atoms with Gasteiger partial charge < -0.3 is 19.9 Å². The molecular weight excluding hydrogens is 358 g/mol. The van der Waals surface area contributed by atoms with Gasteiger partial charge in [-0.05, 0) is 38.5 Å². The van der Waals surface area contributed by atoms with Crippen LogP contribution in [0.3, 0.4) is 0 Å². The van der Waals surface area contributed by atoms with Crippen LogP contribution in [0, 0.1) is 18.3 Å². The second kappa shape index (κ2) is 7.61. The molecule has 1 atom stereocenters. The number of ether oxygens (including phenoxy) is 2. The topological polar surface area (TPSA) is 104 Å². The van der Waals surface area contributed by atoms with Crippen LogP contribution in [0.4, 0.5) is 5.69 Å². The van der Waals surface area contributed by atoms with E-state index in [2.05, 4.69) is 16.4 Å². The van der Waals surface area contributed by atoms with Crippen molar-refractivity contribution in [3.8, 4) is 17.7 Å². The molecule has 144 valence electrons. The van der Waals surface area contributed by atoms with Crippen LogP contribution < -0.4 is 14.8 Å². The number of benzene rings is 1. The maximum absolute atomic E-state index is 12.2. The first-order valence-corrected chi connectivity index (χ1v) is 8.84. The molecule has 0 amide bonds. The standard InChI is InChI=1S/C21H21N3O4/c1-5-28-20-18-17(14-7-6-13(9-22)8-15(14)27-4)16(21(25)26)12(3)24-19(18)11(2)10-23-20/h6-8,10,17,24H,5H2,1-4H3,(H,25,26)/t17-/m0/s1. The van der Waals surface area contributed by atoms with Crippen molar-refractivity contribution in [1.29, 1.82) is 5.26 Å². The summed E-state index contributed by atoms with van der Waals surface area (Å²) in [6.45, 7) is 5.88. The van der Waals surface area contributed by atoms with E-state index in [1.165, 1.54) is 7.11 Å². The molecule has 1 aliphatic heterocycles. The molecule has 7 heteroatoms. The van der Waals surface area contributed by atoms with Gasteiger partial charge in [0.15, 0.2) is 0 Å². The van der Waals surface area contributed by atoms with Crippen molar-refractivity contribution in [3.05, 3.63) is 57.9 Å². The van der Waals surface area contributed by atoms with Gasteiger partial charge in [0.2, 0.25) is 5.88 Å². The van der Waals surface area contributed by atoms with E-state index >= 15 is 0 Å². The molecule has 0 unspecified atom stereocenters. The summed E-state index contributed by atoms with van der Waals surface area (Å²) in [4.78, 5) is 16.6. The van der Waals surface area contributed by atoms with Gasteiger partial charge in [-0.1, -0.05) is 6.07 Å². The minimum absolute atomic E-state index is 0.184. The number of aryl methyl sites for hydroxylation is 1. The Morgan fingerprint density at radius 2 is 2.14 bits per heavy atom. The lowest BCUT2D eigenvalue weighted by Gasteiger charge is -2.32. The average Bonchev–Trinajstić information content (AvgIpc) is 2.68. The van der Waals surface area contributed by atoms with Gasteiger partial charge in [0.05, 0.1) is 48.1 Å². The molecule has 28 heavy (non-hydrogen) atoms. The highest BCUT2D eigenvalue weighted by molar-refractivity contribution is 5.94. The number of rotatable bonds is 5. The minimum Gasteiger partial charge on any atom is -0.496 e. The van der Waals surface area contributed by atoms with Crippen molar-refractivity contribution in [1.82, 2.24) is 4.98 Å². The molecule has 0 radical (unpaired) electrons. The highest BCUT2D eigenvalue weighted by atomic mass is 16.5. The van der Waals surface area contributed by atoms with E-state index in [0.29, 0.717) is 40.6 Å². The molecule has 2 aromatic rings. The maximum atomic E-state index is 12.2. The monoisotopic (exact) mass is 379 g/mol. The number of nitrogens with one attached hydrogen (secondary N) is 1. The van der Waals surface area contributed by atoms with Gasteiger partial charge in [0.1, 0.15) is 5.75 Å². The maximum Gasteiger partial charge on any atom is 0.334 e. The number of pyridine rings is 1. The zero-order valence-electron chi connectivity index (χ0n) is 16.2. The predicted octanol–water partition coefficient (Wildman–Crippen LogP) is 3.59.